The van der Waals surface area contributed by atoms with Crippen LogP contribution in [0, 0.1) is 0 Å². The van der Waals surface area contributed by atoms with E-state index >= 15 is 0 Å². The van der Waals surface area contributed by atoms with E-state index in [4.69, 9.17) is 16.3 Å². The largest absolute Gasteiger partial charge is 0.423 e. The van der Waals surface area contributed by atoms with Gasteiger partial charge in [0.1, 0.15) is 16.5 Å². The first-order chi connectivity index (χ1) is 18.8. The summed E-state index contributed by atoms with van der Waals surface area (Å²) in [6, 6.07) is 24.2. The zero-order valence-electron chi connectivity index (χ0n) is 22.1. The molecule has 1 saturated carbocycles. The Kier molecular flexibility index (Phi) is 7.58. The minimum absolute atomic E-state index is 0.0704. The van der Waals surface area contributed by atoms with Crippen LogP contribution in [0.5, 0.6) is 5.75 Å². The number of anilines is 1. The van der Waals surface area contributed by atoms with Crippen LogP contribution in [0.1, 0.15) is 67.4 Å². The Balaban J connectivity index is 1.22. The van der Waals surface area contributed by atoms with E-state index in [1.165, 1.54) is 10.5 Å². The quantitative estimate of drug-likeness (QED) is 0.202. The minimum Gasteiger partial charge on any atom is -0.423 e. The van der Waals surface area contributed by atoms with Crippen LogP contribution in [0.25, 0.3) is 0 Å². The molecule has 3 aromatic carbocycles. The van der Waals surface area contributed by atoms with Crippen molar-refractivity contribution in [3.63, 3.8) is 0 Å². The van der Waals surface area contributed by atoms with Gasteiger partial charge in [0.05, 0.1) is 5.56 Å². The molecule has 200 valence electrons. The molecule has 1 aliphatic carbocycles. The highest BCUT2D eigenvalue weighted by atomic mass is 35.5. The maximum Gasteiger partial charge on any atom is 0.343 e. The number of halogens is 1. The van der Waals surface area contributed by atoms with Gasteiger partial charge in [0.25, 0.3) is 11.8 Å². The van der Waals surface area contributed by atoms with Crippen molar-refractivity contribution in [1.82, 2.24) is 4.90 Å². The Labute approximate surface area is 233 Å². The van der Waals surface area contributed by atoms with Crippen molar-refractivity contribution < 1.29 is 19.1 Å². The van der Waals surface area contributed by atoms with Gasteiger partial charge in [-0.05, 0) is 60.4 Å². The summed E-state index contributed by atoms with van der Waals surface area (Å²) in [5, 5.41) is 2.87. The lowest BCUT2D eigenvalue weighted by Crippen LogP contribution is -2.42. The Hall–Kier alpha value is -3.90. The second kappa shape index (κ2) is 11.1. The van der Waals surface area contributed by atoms with E-state index in [1.54, 1.807) is 36.4 Å². The normalized spacial score (nSPS) is 16.5. The standard InChI is InChI=1S/C32H31ClN2O4/c1-32(2,22-9-5-3-6-10-22)23-15-19-26(20-16-23)39-31(38)21-13-17-24(18-14-21)34-28-27(33)29(36)35(30(28)37)25-11-7-4-8-12-25/h3,5-6,9-10,13-20,25,34H,4,7-8,11-12H2,1-2H3. The lowest BCUT2D eigenvalue weighted by atomic mass is 9.78. The molecule has 0 unspecified atom stereocenters. The molecular weight excluding hydrogens is 512 g/mol. The molecule has 1 heterocycles. The third kappa shape index (κ3) is 5.48. The Morgan fingerprint density at radius 1 is 0.846 bits per heavy atom. The molecule has 0 atom stereocenters. The lowest BCUT2D eigenvalue weighted by Gasteiger charge is -2.29. The van der Waals surface area contributed by atoms with Crippen molar-refractivity contribution in [1.29, 1.82) is 0 Å². The van der Waals surface area contributed by atoms with E-state index in [0.29, 0.717) is 17.0 Å². The molecular formula is C32H31ClN2O4. The SMILES string of the molecule is CC(C)(c1ccccc1)c1ccc(OC(=O)c2ccc(NC3=C(Cl)C(=O)N(C4CCCCC4)C3=O)cc2)cc1. The van der Waals surface area contributed by atoms with E-state index < -0.39 is 17.8 Å². The van der Waals surface area contributed by atoms with Gasteiger partial charge < -0.3 is 10.1 Å². The highest BCUT2D eigenvalue weighted by Crippen LogP contribution is 2.33. The number of benzene rings is 3. The third-order valence-electron chi connectivity index (χ3n) is 7.67. The van der Waals surface area contributed by atoms with Crippen molar-refractivity contribution in [2.45, 2.75) is 57.4 Å². The molecule has 5 rings (SSSR count). The zero-order valence-corrected chi connectivity index (χ0v) is 22.8. The molecule has 1 N–H and O–H groups in total. The van der Waals surface area contributed by atoms with Gasteiger partial charge in [0.15, 0.2) is 0 Å². The fourth-order valence-corrected chi connectivity index (χ4v) is 5.48. The molecule has 3 aromatic rings. The fraction of sp³-hybridized carbons (Fsp3) is 0.281. The van der Waals surface area contributed by atoms with Gasteiger partial charge >= 0.3 is 5.97 Å². The average molecular weight is 543 g/mol. The number of ether oxygens (including phenoxy) is 1. The summed E-state index contributed by atoms with van der Waals surface area (Å²) < 4.78 is 5.58. The van der Waals surface area contributed by atoms with Crippen LogP contribution in [0.3, 0.4) is 0 Å². The van der Waals surface area contributed by atoms with Crippen LogP contribution < -0.4 is 10.1 Å². The summed E-state index contributed by atoms with van der Waals surface area (Å²) in [4.78, 5) is 39.7. The number of esters is 1. The number of rotatable bonds is 7. The van der Waals surface area contributed by atoms with Crippen LogP contribution in [-0.4, -0.2) is 28.7 Å². The van der Waals surface area contributed by atoms with Crippen LogP contribution in [0.15, 0.2) is 89.6 Å². The minimum atomic E-state index is -0.496. The molecule has 0 saturated heterocycles. The van der Waals surface area contributed by atoms with Crippen molar-refractivity contribution in [2.75, 3.05) is 5.32 Å². The summed E-state index contributed by atoms with van der Waals surface area (Å²) in [7, 11) is 0. The van der Waals surface area contributed by atoms with Gasteiger partial charge in [-0.1, -0.05) is 87.2 Å². The van der Waals surface area contributed by atoms with E-state index in [0.717, 1.165) is 37.7 Å². The first-order valence-corrected chi connectivity index (χ1v) is 13.7. The number of carbonyl (C=O) groups is 3. The zero-order chi connectivity index (χ0) is 27.6. The summed E-state index contributed by atoms with van der Waals surface area (Å²) >= 11 is 6.26. The number of nitrogens with one attached hydrogen (secondary N) is 1. The maximum absolute atomic E-state index is 13.0. The third-order valence-corrected chi connectivity index (χ3v) is 8.02. The molecule has 39 heavy (non-hydrogen) atoms. The van der Waals surface area contributed by atoms with Crippen LogP contribution in [0.4, 0.5) is 5.69 Å². The van der Waals surface area contributed by atoms with Gasteiger partial charge in [-0.2, -0.15) is 0 Å². The average Bonchev–Trinajstić information content (AvgIpc) is 3.17. The fourth-order valence-electron chi connectivity index (χ4n) is 5.26. The van der Waals surface area contributed by atoms with Crippen LogP contribution in [0.2, 0.25) is 0 Å². The molecule has 0 bridgehead atoms. The maximum atomic E-state index is 13.0. The second-order valence-electron chi connectivity index (χ2n) is 10.6. The van der Waals surface area contributed by atoms with Crippen LogP contribution >= 0.6 is 11.6 Å². The Bertz CT molecular complexity index is 1410. The van der Waals surface area contributed by atoms with E-state index in [1.807, 2.05) is 30.3 Å². The Morgan fingerprint density at radius 3 is 2.10 bits per heavy atom. The van der Waals surface area contributed by atoms with Gasteiger partial charge in [0, 0.05) is 17.1 Å². The molecule has 7 heteroatoms. The summed E-state index contributed by atoms with van der Waals surface area (Å²) in [5.41, 5.74) is 3.08. The lowest BCUT2D eigenvalue weighted by molar-refractivity contribution is -0.140. The van der Waals surface area contributed by atoms with Crippen molar-refractivity contribution in [3.05, 3.63) is 106 Å². The number of amides is 2. The van der Waals surface area contributed by atoms with Crippen molar-refractivity contribution in [2.24, 2.45) is 0 Å². The topological polar surface area (TPSA) is 75.7 Å². The van der Waals surface area contributed by atoms with Crippen molar-refractivity contribution in [3.8, 4) is 5.75 Å². The molecule has 0 radical (unpaired) electrons. The van der Waals surface area contributed by atoms with E-state index in [9.17, 15) is 14.4 Å². The Morgan fingerprint density at radius 2 is 1.46 bits per heavy atom. The molecule has 1 fully saturated rings. The van der Waals surface area contributed by atoms with Crippen LogP contribution in [-0.2, 0) is 15.0 Å². The molecule has 1 aliphatic heterocycles. The summed E-state index contributed by atoms with van der Waals surface area (Å²) in [6.45, 7) is 4.31. The smallest absolute Gasteiger partial charge is 0.343 e. The summed E-state index contributed by atoms with van der Waals surface area (Å²) in [5.74, 6) is -0.900. The monoisotopic (exact) mass is 542 g/mol. The van der Waals surface area contributed by atoms with E-state index in [-0.39, 0.29) is 22.2 Å². The molecule has 2 aliphatic rings. The number of carbonyl (C=O) groups excluding carboxylic acids is 3. The number of nitrogens with zero attached hydrogens (tertiary/aromatic N) is 1. The highest BCUT2D eigenvalue weighted by Gasteiger charge is 2.42. The number of imide groups is 1. The number of hydrogen-bond acceptors (Lipinski definition) is 5. The van der Waals surface area contributed by atoms with Gasteiger partial charge in [0.2, 0.25) is 0 Å². The first-order valence-electron chi connectivity index (χ1n) is 13.3. The predicted octanol–water partition coefficient (Wildman–Crippen LogP) is 6.80. The summed E-state index contributed by atoms with van der Waals surface area (Å²) in [6.07, 6.45) is 4.72. The van der Waals surface area contributed by atoms with Gasteiger partial charge in [-0.25, -0.2) is 4.79 Å². The van der Waals surface area contributed by atoms with E-state index in [2.05, 4.69) is 31.3 Å². The predicted molar refractivity (Wildman–Crippen MR) is 152 cm³/mol. The molecule has 6 nitrogen and oxygen atoms in total. The molecule has 0 spiro atoms. The van der Waals surface area contributed by atoms with Gasteiger partial charge in [-0.3, -0.25) is 14.5 Å². The second-order valence-corrected chi connectivity index (χ2v) is 10.9. The highest BCUT2D eigenvalue weighted by molar-refractivity contribution is 6.48. The van der Waals surface area contributed by atoms with Gasteiger partial charge in [-0.15, -0.1) is 0 Å². The molecule has 2 amide bonds. The first kappa shape index (κ1) is 26.7. The molecule has 0 aromatic heterocycles. The van der Waals surface area contributed by atoms with Crippen molar-refractivity contribution >= 4 is 35.1 Å². The number of hydrogen-bond donors (Lipinski definition) is 1.